The molecule has 0 unspecified atom stereocenters. The van der Waals surface area contributed by atoms with E-state index >= 15 is 0 Å². The molecule has 27 heavy (non-hydrogen) atoms. The molecule has 10 nitrogen and oxygen atoms in total. The molecule has 0 spiro atoms. The number of nitrogens with one attached hydrogen (secondary N) is 1. The zero-order valence-electron chi connectivity index (χ0n) is 15.8. The van der Waals surface area contributed by atoms with Gasteiger partial charge in [-0.2, -0.15) is 0 Å². The van der Waals surface area contributed by atoms with Gasteiger partial charge in [0.2, 0.25) is 5.91 Å². The molecule has 0 bridgehead atoms. The summed E-state index contributed by atoms with van der Waals surface area (Å²) in [6.45, 7) is 8.16. The summed E-state index contributed by atoms with van der Waals surface area (Å²) in [4.78, 5) is 46.0. The quantitative estimate of drug-likeness (QED) is 0.343. The topological polar surface area (TPSA) is 126 Å². The molecule has 1 rings (SSSR count). The molecule has 10 heteroatoms. The average molecular weight is 387 g/mol. The first-order valence-electron chi connectivity index (χ1n) is 8.28. The summed E-state index contributed by atoms with van der Waals surface area (Å²) in [5.41, 5.74) is 0. The van der Waals surface area contributed by atoms with Crippen LogP contribution in [0.3, 0.4) is 0 Å². The van der Waals surface area contributed by atoms with Gasteiger partial charge in [0.25, 0.3) is 0 Å². The molecular weight excluding hydrogens is 362 g/mol. The van der Waals surface area contributed by atoms with E-state index in [-0.39, 0.29) is 13.2 Å². The van der Waals surface area contributed by atoms with Crippen LogP contribution in [0.1, 0.15) is 27.7 Å². The van der Waals surface area contributed by atoms with E-state index in [1.165, 1.54) is 33.8 Å². The molecule has 0 aromatic rings. The van der Waals surface area contributed by atoms with Gasteiger partial charge in [0, 0.05) is 27.7 Å². The molecule has 1 aliphatic heterocycles. The Hall–Kier alpha value is -2.46. The molecular formula is C17H25NO9. The molecule has 1 fully saturated rings. The van der Waals surface area contributed by atoms with E-state index < -0.39 is 54.5 Å². The van der Waals surface area contributed by atoms with E-state index in [9.17, 15) is 19.2 Å². The highest BCUT2D eigenvalue weighted by molar-refractivity contribution is 5.73. The monoisotopic (exact) mass is 387 g/mol. The molecule has 1 heterocycles. The maximum atomic E-state index is 11.6. The van der Waals surface area contributed by atoms with Gasteiger partial charge < -0.3 is 29.0 Å². The highest BCUT2D eigenvalue weighted by Crippen LogP contribution is 2.27. The number of esters is 3. The van der Waals surface area contributed by atoms with E-state index in [1.54, 1.807) is 0 Å². The van der Waals surface area contributed by atoms with Crippen molar-refractivity contribution in [2.75, 3.05) is 13.2 Å². The van der Waals surface area contributed by atoms with E-state index in [2.05, 4.69) is 11.9 Å². The largest absolute Gasteiger partial charge is 0.463 e. The Kier molecular flexibility index (Phi) is 8.89. The maximum Gasteiger partial charge on any atom is 0.303 e. The second-order valence-electron chi connectivity index (χ2n) is 5.84. The highest BCUT2D eigenvalue weighted by atomic mass is 16.7. The summed E-state index contributed by atoms with van der Waals surface area (Å²) in [6.07, 6.45) is -2.84. The second kappa shape index (κ2) is 10.6. The van der Waals surface area contributed by atoms with Crippen molar-refractivity contribution < 1.29 is 42.9 Å². The summed E-state index contributed by atoms with van der Waals surface area (Å²) in [6, 6.07) is -0.968. The third-order valence-electron chi connectivity index (χ3n) is 3.45. The van der Waals surface area contributed by atoms with Gasteiger partial charge in [0.1, 0.15) is 18.8 Å². The van der Waals surface area contributed by atoms with Crippen molar-refractivity contribution in [2.24, 2.45) is 0 Å². The summed E-state index contributed by atoms with van der Waals surface area (Å²) < 4.78 is 26.8. The number of amides is 1. The van der Waals surface area contributed by atoms with Crippen LogP contribution < -0.4 is 5.32 Å². The zero-order valence-corrected chi connectivity index (χ0v) is 15.8. The van der Waals surface area contributed by atoms with Crippen LogP contribution >= 0.6 is 0 Å². The van der Waals surface area contributed by atoms with Crippen molar-refractivity contribution in [3.8, 4) is 0 Å². The Morgan fingerprint density at radius 1 is 1.00 bits per heavy atom. The van der Waals surface area contributed by atoms with E-state index in [0.29, 0.717) is 0 Å². The van der Waals surface area contributed by atoms with E-state index in [4.69, 9.17) is 23.7 Å². The average Bonchev–Trinajstić information content (AvgIpc) is 2.54. The van der Waals surface area contributed by atoms with Crippen molar-refractivity contribution >= 4 is 23.8 Å². The molecule has 1 amide bonds. The third kappa shape index (κ3) is 7.35. The van der Waals surface area contributed by atoms with Crippen LogP contribution in [0.2, 0.25) is 0 Å². The molecule has 0 saturated carbocycles. The standard InChI is InChI=1S/C17H25NO9/c1-6-7-23-17-14(18-9(2)19)16(26-12(5)22)15(25-11(4)21)13(27-17)8-24-10(3)20/h6,13-17H,1,7-8H2,2-5H3,(H,18,19)/t13-,14-,15+,16+,17-/m1/s1. The van der Waals surface area contributed by atoms with Crippen LogP contribution in [-0.2, 0) is 42.9 Å². The van der Waals surface area contributed by atoms with Crippen LogP contribution in [0, 0.1) is 0 Å². The van der Waals surface area contributed by atoms with Crippen molar-refractivity contribution in [2.45, 2.75) is 58.3 Å². The van der Waals surface area contributed by atoms with Crippen molar-refractivity contribution in [1.82, 2.24) is 5.32 Å². The fourth-order valence-electron chi connectivity index (χ4n) is 2.60. The lowest BCUT2D eigenvalue weighted by atomic mass is 9.96. The van der Waals surface area contributed by atoms with Gasteiger partial charge >= 0.3 is 17.9 Å². The first kappa shape index (κ1) is 22.6. The predicted octanol–water partition coefficient (Wildman–Crippen LogP) is -0.155. The number of carbonyl (C=O) groups excluding carboxylic acids is 4. The summed E-state index contributed by atoms with van der Waals surface area (Å²) in [5.74, 6) is -2.34. The van der Waals surface area contributed by atoms with Gasteiger partial charge in [-0.15, -0.1) is 6.58 Å². The van der Waals surface area contributed by atoms with Gasteiger partial charge in [0.15, 0.2) is 18.5 Å². The molecule has 5 atom stereocenters. The molecule has 0 aromatic heterocycles. The first-order valence-corrected chi connectivity index (χ1v) is 8.28. The molecule has 0 aliphatic carbocycles. The minimum Gasteiger partial charge on any atom is -0.463 e. The summed E-state index contributed by atoms with van der Waals surface area (Å²) in [7, 11) is 0. The highest BCUT2D eigenvalue weighted by Gasteiger charge is 2.51. The Bertz CT molecular complexity index is 577. The lowest BCUT2D eigenvalue weighted by Gasteiger charge is -2.44. The Morgan fingerprint density at radius 3 is 2.07 bits per heavy atom. The molecule has 152 valence electrons. The van der Waals surface area contributed by atoms with E-state index in [0.717, 1.165) is 0 Å². The number of carbonyl (C=O) groups is 4. The number of hydrogen-bond donors (Lipinski definition) is 1. The SMILES string of the molecule is C=CCO[C@@H]1O[C@H](COC(C)=O)[C@H](OC(C)=O)[C@@H](OC(C)=O)[C@H]1NC(C)=O. The van der Waals surface area contributed by atoms with Gasteiger partial charge in [0.05, 0.1) is 6.61 Å². The van der Waals surface area contributed by atoms with Crippen LogP contribution in [0.5, 0.6) is 0 Å². The maximum absolute atomic E-state index is 11.6. The fourth-order valence-corrected chi connectivity index (χ4v) is 2.60. The minimum absolute atomic E-state index is 0.0755. The molecule has 0 aromatic carbocycles. The van der Waals surface area contributed by atoms with E-state index in [1.807, 2.05) is 0 Å². The van der Waals surface area contributed by atoms with Crippen LogP contribution in [-0.4, -0.2) is 67.7 Å². The number of ether oxygens (including phenoxy) is 5. The predicted molar refractivity (Wildman–Crippen MR) is 90.2 cm³/mol. The fraction of sp³-hybridized carbons (Fsp3) is 0.647. The minimum atomic E-state index is -1.13. The van der Waals surface area contributed by atoms with Crippen LogP contribution in [0.15, 0.2) is 12.7 Å². The van der Waals surface area contributed by atoms with Gasteiger partial charge in [-0.1, -0.05) is 6.08 Å². The smallest absolute Gasteiger partial charge is 0.303 e. The van der Waals surface area contributed by atoms with Crippen molar-refractivity contribution in [3.05, 3.63) is 12.7 Å². The normalized spacial score (nSPS) is 27.2. The van der Waals surface area contributed by atoms with Crippen LogP contribution in [0.25, 0.3) is 0 Å². The molecule has 1 aliphatic rings. The number of rotatable bonds is 8. The Labute approximate surface area is 157 Å². The lowest BCUT2D eigenvalue weighted by molar-refractivity contribution is -0.275. The van der Waals surface area contributed by atoms with Crippen molar-refractivity contribution in [3.63, 3.8) is 0 Å². The van der Waals surface area contributed by atoms with Crippen LogP contribution in [0.4, 0.5) is 0 Å². The Morgan fingerprint density at radius 2 is 1.59 bits per heavy atom. The summed E-state index contributed by atoms with van der Waals surface area (Å²) in [5, 5.41) is 2.59. The van der Waals surface area contributed by atoms with Gasteiger partial charge in [-0.3, -0.25) is 19.2 Å². The third-order valence-corrected chi connectivity index (χ3v) is 3.45. The Balaban J connectivity index is 3.24. The van der Waals surface area contributed by atoms with Crippen molar-refractivity contribution in [1.29, 1.82) is 0 Å². The summed E-state index contributed by atoms with van der Waals surface area (Å²) >= 11 is 0. The molecule has 1 saturated heterocycles. The second-order valence-corrected chi connectivity index (χ2v) is 5.84. The lowest BCUT2D eigenvalue weighted by Crippen LogP contribution is -2.66. The molecule has 1 N–H and O–H groups in total. The zero-order chi connectivity index (χ0) is 20.6. The number of hydrogen-bond acceptors (Lipinski definition) is 9. The van der Waals surface area contributed by atoms with Gasteiger partial charge in [-0.05, 0) is 0 Å². The molecule has 0 radical (unpaired) electrons. The van der Waals surface area contributed by atoms with Gasteiger partial charge in [-0.25, -0.2) is 0 Å². The first-order chi connectivity index (χ1) is 12.6.